The van der Waals surface area contributed by atoms with E-state index >= 15 is 0 Å². The average Bonchev–Trinajstić information content (AvgIpc) is 2.79. The number of aryl methyl sites for hydroxylation is 2. The van der Waals surface area contributed by atoms with Crippen molar-refractivity contribution in [1.82, 2.24) is 4.98 Å². The molecule has 1 aromatic heterocycles. The van der Waals surface area contributed by atoms with Crippen molar-refractivity contribution in [1.29, 1.82) is 0 Å². The van der Waals surface area contributed by atoms with Crippen LogP contribution in [0.4, 0.5) is 5.69 Å². The van der Waals surface area contributed by atoms with Gasteiger partial charge in [-0.3, -0.25) is 4.98 Å². The van der Waals surface area contributed by atoms with Gasteiger partial charge in [0.05, 0.1) is 24.4 Å². The fraction of sp³-hybridized carbons (Fsp3) is 0.526. The standard InChI is InChI=1S/C19H24N2O/c1-14-6-5-8-16-18(14)20-17-9-4-2-3-7-15(17)19(16)21-10-12-22-13-11-21/h5-6,8H,2-4,7,9-13H2,1H3. The molecule has 0 atom stereocenters. The Kier molecular flexibility index (Phi) is 3.75. The van der Waals surface area contributed by atoms with Gasteiger partial charge in [-0.1, -0.05) is 24.6 Å². The molecule has 1 aliphatic heterocycles. The SMILES string of the molecule is Cc1cccc2c(N3CCOCC3)c3c(nc12)CCCCC3. The maximum absolute atomic E-state index is 5.57. The van der Waals surface area contributed by atoms with Crippen LogP contribution in [0.15, 0.2) is 18.2 Å². The molecule has 0 saturated carbocycles. The number of aromatic nitrogens is 1. The first-order valence-electron chi connectivity index (χ1n) is 8.58. The van der Waals surface area contributed by atoms with Gasteiger partial charge in [0.25, 0.3) is 0 Å². The molecule has 1 saturated heterocycles. The zero-order chi connectivity index (χ0) is 14.9. The van der Waals surface area contributed by atoms with Crippen LogP contribution >= 0.6 is 0 Å². The van der Waals surface area contributed by atoms with E-state index in [1.807, 2.05) is 0 Å². The predicted molar refractivity (Wildman–Crippen MR) is 90.8 cm³/mol. The topological polar surface area (TPSA) is 25.4 Å². The van der Waals surface area contributed by atoms with Gasteiger partial charge in [-0.15, -0.1) is 0 Å². The summed E-state index contributed by atoms with van der Waals surface area (Å²) in [6.45, 7) is 5.86. The number of fused-ring (bicyclic) bond motifs is 2. The summed E-state index contributed by atoms with van der Waals surface area (Å²) >= 11 is 0. The van der Waals surface area contributed by atoms with E-state index in [0.29, 0.717) is 0 Å². The minimum Gasteiger partial charge on any atom is -0.378 e. The Balaban J connectivity index is 1.97. The fourth-order valence-electron chi connectivity index (χ4n) is 3.89. The molecule has 1 aliphatic carbocycles. The van der Waals surface area contributed by atoms with Crippen molar-refractivity contribution in [2.24, 2.45) is 0 Å². The minimum atomic E-state index is 0.838. The Morgan fingerprint density at radius 1 is 1.05 bits per heavy atom. The maximum Gasteiger partial charge on any atom is 0.0755 e. The molecule has 22 heavy (non-hydrogen) atoms. The van der Waals surface area contributed by atoms with Crippen LogP contribution in [-0.4, -0.2) is 31.3 Å². The molecule has 2 aliphatic rings. The molecule has 0 radical (unpaired) electrons. The number of ether oxygens (including phenoxy) is 1. The van der Waals surface area contributed by atoms with E-state index in [0.717, 1.165) is 32.7 Å². The second-order valence-corrected chi connectivity index (χ2v) is 6.52. The molecule has 2 aromatic rings. The molecule has 4 rings (SSSR count). The van der Waals surface area contributed by atoms with E-state index in [1.165, 1.54) is 59.1 Å². The molecular formula is C19H24N2O. The van der Waals surface area contributed by atoms with Gasteiger partial charge in [0.1, 0.15) is 0 Å². The lowest BCUT2D eigenvalue weighted by Gasteiger charge is -2.32. The van der Waals surface area contributed by atoms with Crippen LogP contribution in [0.3, 0.4) is 0 Å². The van der Waals surface area contributed by atoms with Gasteiger partial charge in [-0.05, 0) is 43.7 Å². The van der Waals surface area contributed by atoms with Crippen molar-refractivity contribution in [3.8, 4) is 0 Å². The van der Waals surface area contributed by atoms with Gasteiger partial charge in [-0.2, -0.15) is 0 Å². The normalized spacial score (nSPS) is 19.0. The van der Waals surface area contributed by atoms with Crippen LogP contribution in [-0.2, 0) is 17.6 Å². The Labute approximate surface area is 132 Å². The first-order chi connectivity index (χ1) is 10.8. The Morgan fingerprint density at radius 2 is 1.86 bits per heavy atom. The number of hydrogen-bond acceptors (Lipinski definition) is 3. The number of hydrogen-bond donors (Lipinski definition) is 0. The third-order valence-electron chi connectivity index (χ3n) is 5.04. The molecule has 0 amide bonds. The highest BCUT2D eigenvalue weighted by Crippen LogP contribution is 2.36. The number of benzene rings is 1. The molecule has 0 bridgehead atoms. The number of rotatable bonds is 1. The van der Waals surface area contributed by atoms with E-state index in [9.17, 15) is 0 Å². The van der Waals surface area contributed by atoms with Crippen molar-refractivity contribution in [2.45, 2.75) is 39.0 Å². The van der Waals surface area contributed by atoms with Crippen LogP contribution in [0.25, 0.3) is 10.9 Å². The lowest BCUT2D eigenvalue weighted by molar-refractivity contribution is 0.122. The highest BCUT2D eigenvalue weighted by atomic mass is 16.5. The molecule has 2 heterocycles. The molecule has 3 heteroatoms. The van der Waals surface area contributed by atoms with Crippen molar-refractivity contribution in [3.05, 3.63) is 35.0 Å². The van der Waals surface area contributed by atoms with Gasteiger partial charge in [0.15, 0.2) is 0 Å². The van der Waals surface area contributed by atoms with Crippen LogP contribution < -0.4 is 4.90 Å². The number of morpholine rings is 1. The summed E-state index contributed by atoms with van der Waals surface area (Å²) in [6.07, 6.45) is 6.22. The summed E-state index contributed by atoms with van der Waals surface area (Å²) in [5.41, 5.74) is 6.80. The predicted octanol–water partition coefficient (Wildman–Crippen LogP) is 3.65. The lowest BCUT2D eigenvalue weighted by Crippen LogP contribution is -2.37. The van der Waals surface area contributed by atoms with Crippen molar-refractivity contribution in [2.75, 3.05) is 31.2 Å². The zero-order valence-electron chi connectivity index (χ0n) is 13.4. The summed E-state index contributed by atoms with van der Waals surface area (Å²) in [5.74, 6) is 0. The second kappa shape index (κ2) is 5.88. The number of anilines is 1. The molecule has 116 valence electrons. The van der Waals surface area contributed by atoms with E-state index in [-0.39, 0.29) is 0 Å². The highest BCUT2D eigenvalue weighted by Gasteiger charge is 2.23. The van der Waals surface area contributed by atoms with Crippen LogP contribution in [0.1, 0.15) is 36.1 Å². The summed E-state index contributed by atoms with van der Waals surface area (Å²) in [5, 5.41) is 1.34. The monoisotopic (exact) mass is 296 g/mol. The number of pyridine rings is 1. The third kappa shape index (κ3) is 2.38. The molecule has 0 spiro atoms. The number of para-hydroxylation sites is 1. The maximum atomic E-state index is 5.57. The van der Waals surface area contributed by atoms with Crippen LogP contribution in [0.5, 0.6) is 0 Å². The Bertz CT molecular complexity index is 689. The van der Waals surface area contributed by atoms with Crippen molar-refractivity contribution < 1.29 is 4.74 Å². The summed E-state index contributed by atoms with van der Waals surface area (Å²) in [6, 6.07) is 6.61. The first kappa shape index (κ1) is 14.0. The van der Waals surface area contributed by atoms with Crippen molar-refractivity contribution >= 4 is 16.6 Å². The summed E-state index contributed by atoms with van der Waals surface area (Å²) in [4.78, 5) is 7.61. The number of nitrogens with zero attached hydrogens (tertiary/aromatic N) is 2. The van der Waals surface area contributed by atoms with Crippen LogP contribution in [0, 0.1) is 6.92 Å². The third-order valence-corrected chi connectivity index (χ3v) is 5.04. The van der Waals surface area contributed by atoms with Gasteiger partial charge < -0.3 is 9.64 Å². The van der Waals surface area contributed by atoms with Gasteiger partial charge in [0.2, 0.25) is 0 Å². The van der Waals surface area contributed by atoms with E-state index in [1.54, 1.807) is 0 Å². The molecule has 0 N–H and O–H groups in total. The minimum absolute atomic E-state index is 0.838. The van der Waals surface area contributed by atoms with E-state index in [4.69, 9.17) is 9.72 Å². The summed E-state index contributed by atoms with van der Waals surface area (Å²) in [7, 11) is 0. The largest absolute Gasteiger partial charge is 0.378 e. The zero-order valence-corrected chi connectivity index (χ0v) is 13.4. The molecule has 1 aromatic carbocycles. The quantitative estimate of drug-likeness (QED) is 0.751. The van der Waals surface area contributed by atoms with E-state index in [2.05, 4.69) is 30.0 Å². The Hall–Kier alpha value is -1.61. The molecule has 0 unspecified atom stereocenters. The van der Waals surface area contributed by atoms with Crippen LogP contribution in [0.2, 0.25) is 0 Å². The highest BCUT2D eigenvalue weighted by molar-refractivity contribution is 5.95. The van der Waals surface area contributed by atoms with Crippen molar-refractivity contribution in [3.63, 3.8) is 0 Å². The molecule has 3 nitrogen and oxygen atoms in total. The smallest absolute Gasteiger partial charge is 0.0755 e. The lowest BCUT2D eigenvalue weighted by atomic mass is 9.99. The van der Waals surface area contributed by atoms with Gasteiger partial charge in [0, 0.05) is 24.2 Å². The fourth-order valence-corrected chi connectivity index (χ4v) is 3.89. The average molecular weight is 296 g/mol. The molecule has 1 fully saturated rings. The van der Waals surface area contributed by atoms with Gasteiger partial charge >= 0.3 is 0 Å². The molecular weight excluding hydrogens is 272 g/mol. The van der Waals surface area contributed by atoms with Gasteiger partial charge in [-0.25, -0.2) is 0 Å². The second-order valence-electron chi connectivity index (χ2n) is 6.52. The van der Waals surface area contributed by atoms with E-state index < -0.39 is 0 Å². The first-order valence-corrected chi connectivity index (χ1v) is 8.58. The summed E-state index contributed by atoms with van der Waals surface area (Å²) < 4.78 is 5.57. The Morgan fingerprint density at radius 3 is 2.73 bits per heavy atom.